The van der Waals surface area contributed by atoms with Gasteiger partial charge in [0.05, 0.1) is 0 Å². The molecule has 0 saturated carbocycles. The molecule has 0 amide bonds. The van der Waals surface area contributed by atoms with Crippen LogP contribution in [0.1, 0.15) is 13.3 Å². The van der Waals surface area contributed by atoms with Gasteiger partial charge in [-0.2, -0.15) is 0 Å². The van der Waals surface area contributed by atoms with Crippen molar-refractivity contribution in [2.75, 3.05) is 0 Å². The number of hydrogen-bond donors (Lipinski definition) is 3. The van der Waals surface area contributed by atoms with E-state index in [1.54, 1.807) is 0 Å². The Morgan fingerprint density at radius 2 is 2.50 bits per heavy atom. The summed E-state index contributed by atoms with van der Waals surface area (Å²) in [5, 5.41) is 19.6. The first-order valence-corrected chi connectivity index (χ1v) is 2.97. The summed E-state index contributed by atoms with van der Waals surface area (Å²) >= 11 is 0. The lowest BCUT2D eigenvalue weighted by atomic mass is 10.1. The Kier molecular flexibility index (Phi) is 1.86. The van der Waals surface area contributed by atoms with Crippen molar-refractivity contribution in [2.45, 2.75) is 13.3 Å². The first-order valence-electron chi connectivity index (χ1n) is 2.97. The summed E-state index contributed by atoms with van der Waals surface area (Å²) in [6, 6.07) is 0. The summed E-state index contributed by atoms with van der Waals surface area (Å²) in [7, 11) is 0. The second kappa shape index (κ2) is 2.66. The van der Waals surface area contributed by atoms with Gasteiger partial charge in [-0.1, -0.05) is 12.1 Å². The molecular weight excluding hydrogens is 134 g/mol. The topological polar surface area (TPSA) is 77.2 Å². The van der Waals surface area contributed by atoms with Crippen molar-refractivity contribution >= 4 is 11.7 Å². The number of nitrogens with one attached hydrogen (secondary N) is 1. The lowest BCUT2D eigenvalue weighted by Crippen LogP contribution is -2.16. The van der Waals surface area contributed by atoms with Crippen LogP contribution in [-0.2, 0) is 0 Å². The average molecular weight is 143 g/mol. The molecule has 0 fully saturated rings. The molecule has 5 heteroatoms. The summed E-state index contributed by atoms with van der Waals surface area (Å²) in [5.74, 6) is 0.886. The summed E-state index contributed by atoms with van der Waals surface area (Å²) in [4.78, 5) is 3.76. The molecule has 10 heavy (non-hydrogen) atoms. The summed E-state index contributed by atoms with van der Waals surface area (Å²) < 4.78 is 0. The molecule has 0 aromatic carbocycles. The molecule has 1 atom stereocenters. The molecule has 0 saturated heterocycles. The van der Waals surface area contributed by atoms with Gasteiger partial charge in [0.15, 0.2) is 5.84 Å². The standard InChI is InChI=1S/C5H9N3O2/c1-3-2-4(7-9)6-5(3)8-10/h3,9-10H,2H2,1H3,(H,6,7,8). The lowest BCUT2D eigenvalue weighted by Gasteiger charge is -1.96. The highest BCUT2D eigenvalue weighted by atomic mass is 16.5. The van der Waals surface area contributed by atoms with Crippen LogP contribution in [0.2, 0.25) is 0 Å². The molecule has 0 aromatic rings. The van der Waals surface area contributed by atoms with Gasteiger partial charge in [0.2, 0.25) is 0 Å². The molecule has 0 aromatic heterocycles. The molecule has 1 rings (SSSR count). The second-order valence-corrected chi connectivity index (χ2v) is 2.23. The van der Waals surface area contributed by atoms with E-state index in [0.717, 1.165) is 0 Å². The van der Waals surface area contributed by atoms with E-state index in [4.69, 9.17) is 10.4 Å². The van der Waals surface area contributed by atoms with Crippen molar-refractivity contribution in [3.05, 3.63) is 0 Å². The molecule has 56 valence electrons. The zero-order chi connectivity index (χ0) is 7.56. The fourth-order valence-corrected chi connectivity index (χ4v) is 0.867. The minimum Gasteiger partial charge on any atom is -0.409 e. The van der Waals surface area contributed by atoms with Crippen LogP contribution in [0.5, 0.6) is 0 Å². The maximum absolute atomic E-state index is 8.38. The maximum Gasteiger partial charge on any atom is 0.172 e. The SMILES string of the molecule is CC1CC(NO)=N/C1=N\O. The van der Waals surface area contributed by atoms with Gasteiger partial charge < -0.3 is 5.21 Å². The van der Waals surface area contributed by atoms with Crippen LogP contribution in [0.15, 0.2) is 10.1 Å². The van der Waals surface area contributed by atoms with Crippen molar-refractivity contribution in [1.82, 2.24) is 5.48 Å². The third-order valence-corrected chi connectivity index (χ3v) is 1.42. The van der Waals surface area contributed by atoms with E-state index >= 15 is 0 Å². The maximum atomic E-state index is 8.38. The third-order valence-electron chi connectivity index (χ3n) is 1.42. The van der Waals surface area contributed by atoms with Crippen molar-refractivity contribution in [3.8, 4) is 0 Å². The summed E-state index contributed by atoms with van der Waals surface area (Å²) in [6.45, 7) is 1.86. The highest BCUT2D eigenvalue weighted by Gasteiger charge is 2.21. The minimum atomic E-state index is 0.0830. The van der Waals surface area contributed by atoms with Crippen LogP contribution in [0.3, 0.4) is 0 Å². The van der Waals surface area contributed by atoms with Gasteiger partial charge in [0.1, 0.15) is 5.84 Å². The number of aliphatic imine (C=N–C) groups is 1. The van der Waals surface area contributed by atoms with E-state index in [2.05, 4.69) is 10.1 Å². The van der Waals surface area contributed by atoms with Gasteiger partial charge >= 0.3 is 0 Å². The monoisotopic (exact) mass is 143 g/mol. The van der Waals surface area contributed by atoms with E-state index in [9.17, 15) is 0 Å². The third kappa shape index (κ3) is 1.08. The van der Waals surface area contributed by atoms with E-state index in [1.807, 2.05) is 12.4 Å². The zero-order valence-corrected chi connectivity index (χ0v) is 5.57. The normalized spacial score (nSPS) is 28.8. The summed E-state index contributed by atoms with van der Waals surface area (Å²) in [5.41, 5.74) is 1.92. The van der Waals surface area contributed by atoms with Crippen LogP contribution in [0.4, 0.5) is 0 Å². The molecule has 0 bridgehead atoms. The second-order valence-electron chi connectivity index (χ2n) is 2.23. The average Bonchev–Trinajstić information content (AvgIpc) is 2.30. The molecule has 1 heterocycles. The lowest BCUT2D eigenvalue weighted by molar-refractivity contribution is 0.232. The van der Waals surface area contributed by atoms with Crippen molar-refractivity contribution in [1.29, 1.82) is 0 Å². The number of nitrogens with zero attached hydrogens (tertiary/aromatic N) is 2. The van der Waals surface area contributed by atoms with Crippen LogP contribution in [0.25, 0.3) is 0 Å². The van der Waals surface area contributed by atoms with E-state index in [0.29, 0.717) is 18.1 Å². The molecule has 0 radical (unpaired) electrons. The molecule has 1 unspecified atom stereocenters. The highest BCUT2D eigenvalue weighted by molar-refractivity contribution is 6.04. The highest BCUT2D eigenvalue weighted by Crippen LogP contribution is 2.13. The Morgan fingerprint density at radius 1 is 1.80 bits per heavy atom. The first-order chi connectivity index (χ1) is 4.77. The summed E-state index contributed by atoms with van der Waals surface area (Å²) in [6.07, 6.45) is 0.593. The van der Waals surface area contributed by atoms with Gasteiger partial charge in [0, 0.05) is 12.3 Å². The van der Waals surface area contributed by atoms with Gasteiger partial charge in [-0.3, -0.25) is 10.7 Å². The number of amidine groups is 2. The van der Waals surface area contributed by atoms with Gasteiger partial charge in [0.25, 0.3) is 0 Å². The molecule has 1 aliphatic heterocycles. The van der Waals surface area contributed by atoms with Gasteiger partial charge in [-0.25, -0.2) is 4.99 Å². The largest absolute Gasteiger partial charge is 0.409 e. The Morgan fingerprint density at radius 3 is 2.80 bits per heavy atom. The van der Waals surface area contributed by atoms with Crippen LogP contribution < -0.4 is 5.48 Å². The Balaban J connectivity index is 2.71. The van der Waals surface area contributed by atoms with E-state index in [-0.39, 0.29) is 5.92 Å². The Labute approximate surface area is 58.0 Å². The van der Waals surface area contributed by atoms with E-state index in [1.165, 1.54) is 0 Å². The Hall–Kier alpha value is -1.10. The first kappa shape index (κ1) is 7.01. The predicted molar refractivity (Wildman–Crippen MR) is 35.4 cm³/mol. The number of hydroxylamine groups is 1. The predicted octanol–water partition coefficient (Wildman–Crippen LogP) is 0.191. The quantitative estimate of drug-likeness (QED) is 0.334. The minimum absolute atomic E-state index is 0.0830. The molecule has 1 aliphatic rings. The van der Waals surface area contributed by atoms with Crippen LogP contribution in [0, 0.1) is 5.92 Å². The molecular formula is C5H9N3O2. The fourth-order valence-electron chi connectivity index (χ4n) is 0.867. The number of hydrogen-bond acceptors (Lipinski definition) is 4. The van der Waals surface area contributed by atoms with Crippen molar-refractivity contribution in [3.63, 3.8) is 0 Å². The van der Waals surface area contributed by atoms with Crippen molar-refractivity contribution in [2.24, 2.45) is 16.1 Å². The molecule has 0 spiro atoms. The fraction of sp³-hybridized carbons (Fsp3) is 0.600. The van der Waals surface area contributed by atoms with Crippen LogP contribution >= 0.6 is 0 Å². The van der Waals surface area contributed by atoms with Crippen molar-refractivity contribution < 1.29 is 10.4 Å². The smallest absolute Gasteiger partial charge is 0.172 e. The number of oxime groups is 1. The van der Waals surface area contributed by atoms with Gasteiger partial charge in [-0.05, 0) is 0 Å². The van der Waals surface area contributed by atoms with Gasteiger partial charge in [-0.15, -0.1) is 0 Å². The molecule has 3 N–H and O–H groups in total. The zero-order valence-electron chi connectivity index (χ0n) is 5.57. The van der Waals surface area contributed by atoms with E-state index < -0.39 is 0 Å². The molecule has 5 nitrogen and oxygen atoms in total. The number of rotatable bonds is 0. The molecule has 0 aliphatic carbocycles. The Bertz CT molecular complexity index is 187. The van der Waals surface area contributed by atoms with Crippen LogP contribution in [-0.4, -0.2) is 22.1 Å².